The van der Waals surface area contributed by atoms with Crippen LogP contribution in [-0.2, 0) is 35.2 Å². The molecule has 2 aliphatic rings. The number of aromatic nitrogens is 5. The molecule has 5 heterocycles. The number of fused-ring (bicyclic) bond motifs is 10. The second-order valence-corrected chi connectivity index (χ2v) is 41.5. The van der Waals surface area contributed by atoms with E-state index < -0.39 is 0 Å². The number of hydrogen-bond acceptors (Lipinski definition) is 0. The molecule has 0 radical (unpaired) electrons. The number of halogens is 2. The molecule has 700 valence electrons. The van der Waals surface area contributed by atoms with Crippen LogP contribution in [0.5, 0.6) is 0 Å². The Balaban J connectivity index is 0.000000125. The second kappa shape index (κ2) is 40.4. The van der Waals surface area contributed by atoms with E-state index in [9.17, 15) is 8.78 Å². The third kappa shape index (κ3) is 19.5. The quantitative estimate of drug-likeness (QED) is 0.103. The summed E-state index contributed by atoms with van der Waals surface area (Å²) in [6.45, 7) is 50.1. The molecule has 2 unspecified atom stereocenters. The average molecular weight is 1820 g/mol. The number of pyridine rings is 5. The van der Waals surface area contributed by atoms with Gasteiger partial charge in [0.2, 0.25) is 28.5 Å². The number of nitrogens with zero attached hydrogens (tertiary/aromatic N) is 5. The van der Waals surface area contributed by atoms with E-state index in [-0.39, 0.29) is 11.6 Å². The molecular weight excluding hydrogens is 1680 g/mol. The van der Waals surface area contributed by atoms with Crippen LogP contribution in [0, 0.1) is 102 Å². The van der Waals surface area contributed by atoms with Gasteiger partial charge in [0, 0.05) is 76.1 Å². The zero-order valence-electron chi connectivity index (χ0n) is 87.1. The van der Waals surface area contributed by atoms with E-state index in [0.29, 0.717) is 40.7 Å². The second-order valence-electron chi connectivity index (χ2n) is 41.5. The average Bonchev–Trinajstić information content (AvgIpc) is 1.51. The summed E-state index contributed by atoms with van der Waals surface area (Å²) in [4.78, 5) is 0. The van der Waals surface area contributed by atoms with Gasteiger partial charge in [0.1, 0.15) is 46.9 Å². The van der Waals surface area contributed by atoms with Crippen LogP contribution in [0.3, 0.4) is 0 Å². The minimum Gasteiger partial charge on any atom is -0.206 e. The highest BCUT2D eigenvalue weighted by atomic mass is 19.1. The summed E-state index contributed by atoms with van der Waals surface area (Å²) < 4.78 is 40.8. The van der Waals surface area contributed by atoms with Crippen LogP contribution in [0.1, 0.15) is 242 Å². The maximum absolute atomic E-state index is 14.9. The van der Waals surface area contributed by atoms with E-state index in [1.165, 1.54) is 213 Å². The first-order valence-corrected chi connectivity index (χ1v) is 50.1. The van der Waals surface area contributed by atoms with E-state index in [1.54, 1.807) is 17.2 Å². The lowest BCUT2D eigenvalue weighted by Crippen LogP contribution is -2.35. The molecule has 1 fully saturated rings. The summed E-state index contributed by atoms with van der Waals surface area (Å²) in [6.07, 6.45) is 4.17. The molecule has 5 nitrogen and oxygen atoms in total. The van der Waals surface area contributed by atoms with Crippen molar-refractivity contribution in [3.63, 3.8) is 0 Å². The molecule has 0 amide bonds. The molecular formula is C131H142F2N5+5. The molecule has 1 saturated carbocycles. The molecule has 20 rings (SSSR count). The first kappa shape index (κ1) is 97.8. The van der Waals surface area contributed by atoms with Crippen LogP contribution in [0.25, 0.3) is 144 Å². The third-order valence-corrected chi connectivity index (χ3v) is 30.7. The topological polar surface area (TPSA) is 19.4 Å². The summed E-state index contributed by atoms with van der Waals surface area (Å²) >= 11 is 0. The van der Waals surface area contributed by atoms with Gasteiger partial charge in [-0.05, 0) is 321 Å². The Kier molecular flexibility index (Phi) is 28.7. The molecule has 5 aromatic heterocycles. The molecule has 2 bridgehead atoms. The van der Waals surface area contributed by atoms with Gasteiger partial charge in [-0.3, -0.25) is 0 Å². The van der Waals surface area contributed by atoms with Crippen LogP contribution >= 0.6 is 0 Å². The molecule has 18 aromatic rings. The van der Waals surface area contributed by atoms with Gasteiger partial charge in [0.05, 0.1) is 49.2 Å². The maximum Gasteiger partial charge on any atom is 0.220 e. The molecule has 0 spiro atoms. The van der Waals surface area contributed by atoms with Crippen molar-refractivity contribution in [3.05, 3.63) is 397 Å². The van der Waals surface area contributed by atoms with Crippen molar-refractivity contribution in [3.8, 4) is 89.7 Å². The Bertz CT molecular complexity index is 7740. The van der Waals surface area contributed by atoms with Crippen LogP contribution in [0.15, 0.2) is 273 Å². The third-order valence-electron chi connectivity index (χ3n) is 30.7. The Morgan fingerprint density at radius 3 is 0.913 bits per heavy atom. The van der Waals surface area contributed by atoms with Gasteiger partial charge >= 0.3 is 0 Å². The SMILES string of the molecule is Cc1cc(-c2c3cc(C(C)C)ccc3cc(C)[n+]2C)c(C)c(C)c1F.Cc1cc(-c2ccccc2)cc(-c2c3cc(C(C)C)ccc3cc(C)[n+]2C)c1C.Cc1cc(-c2ccccc2)ccc1-c1c2cc(C(C)C)ccc2cc(C)[n+]1C.Cc1cc(F)c(-c2ccccc2)cc1-c1c2cc(C(C)C)ccc2cc(C)[n+]1C.Cc1cc2c(cc1-c1c3cc(C(C)C)ccc3cc(C)[n+]1C)C1CCC2C1. The first-order chi connectivity index (χ1) is 65.8. The maximum atomic E-state index is 14.9. The summed E-state index contributed by atoms with van der Waals surface area (Å²) in [6, 6.07) is 99.0. The van der Waals surface area contributed by atoms with E-state index in [2.05, 4.69) is 414 Å². The summed E-state index contributed by atoms with van der Waals surface area (Å²) in [5.74, 6) is 3.86. The minimum absolute atomic E-state index is 0.0938. The Labute approximate surface area is 821 Å². The van der Waals surface area contributed by atoms with Crippen molar-refractivity contribution in [2.24, 2.45) is 35.2 Å². The number of benzene rings is 13. The molecule has 2 atom stereocenters. The van der Waals surface area contributed by atoms with Gasteiger partial charge in [-0.25, -0.2) is 8.78 Å². The Hall–Kier alpha value is -13.2. The van der Waals surface area contributed by atoms with Crippen LogP contribution in [0.4, 0.5) is 8.78 Å². The van der Waals surface area contributed by atoms with Gasteiger partial charge in [-0.15, -0.1) is 0 Å². The van der Waals surface area contributed by atoms with Crippen LogP contribution < -0.4 is 22.8 Å². The number of hydrogen-bond donors (Lipinski definition) is 0. The van der Waals surface area contributed by atoms with Crippen molar-refractivity contribution in [2.45, 2.75) is 220 Å². The fourth-order valence-corrected chi connectivity index (χ4v) is 21.3. The van der Waals surface area contributed by atoms with E-state index in [1.807, 2.05) is 70.2 Å². The van der Waals surface area contributed by atoms with Crippen molar-refractivity contribution in [1.29, 1.82) is 0 Å². The summed E-state index contributed by atoms with van der Waals surface area (Å²) in [7, 11) is 10.8. The standard InChI is InChI=1S/C28H30N.C27H27FN.C27H28N.C26H30N.C23H27FN/c1-18(2)23-12-13-24-15-20(4)29(6)28(27(24)16-23)26-17-25(14-19(3)21(26)5)22-10-8-7-9-11-22;1-17(2)21-11-12-22-14-19(4)29(5)27(25(22)15-21)23-16-24(26(28)13-18(23)3)20-9-7-6-8-10-20;1-18(2)22-11-12-24-16-20(4)28(5)27(26(24)17-22)25-14-13-23(15-19(25)3)21-9-7-6-8-10-21;1-15(2)18-6-7-19-11-17(4)27(5)26(25(19)13-18)22-14-24-21-9-8-20(12-21)23(24)10-16(22)3;1-13(2)18-8-9-19-11-15(4)25(7)23(21(19)12-18)20-10-14(3)22(24)17(6)16(20)5/h7-18H,1-6H3;6-17H,1-5H3;6-18H,1-5H3;6-7,10-11,13-15,20-21H,8-9,12H2,1-5H3;8-13H,1-7H3/q5*+1. The van der Waals surface area contributed by atoms with Gasteiger partial charge in [-0.1, -0.05) is 245 Å². The van der Waals surface area contributed by atoms with Gasteiger partial charge in [0.25, 0.3) is 0 Å². The van der Waals surface area contributed by atoms with E-state index in [4.69, 9.17) is 0 Å². The summed E-state index contributed by atoms with van der Waals surface area (Å²) in [5.41, 5.74) is 44.3. The van der Waals surface area contributed by atoms with E-state index >= 15 is 0 Å². The first-order valence-electron chi connectivity index (χ1n) is 50.1. The Morgan fingerprint density at radius 1 is 0.232 bits per heavy atom. The van der Waals surface area contributed by atoms with Gasteiger partial charge in [-0.2, -0.15) is 22.8 Å². The van der Waals surface area contributed by atoms with Gasteiger partial charge in [0.15, 0.2) is 28.5 Å². The highest BCUT2D eigenvalue weighted by molar-refractivity contribution is 6.00. The van der Waals surface area contributed by atoms with Crippen molar-refractivity contribution in [2.75, 3.05) is 0 Å². The largest absolute Gasteiger partial charge is 0.220 e. The lowest BCUT2D eigenvalue weighted by atomic mass is 9.86. The number of rotatable bonds is 13. The minimum atomic E-state index is -0.181. The zero-order valence-corrected chi connectivity index (χ0v) is 87.1. The predicted octanol–water partition coefficient (Wildman–Crippen LogP) is 32.9. The van der Waals surface area contributed by atoms with Crippen molar-refractivity contribution in [1.82, 2.24) is 0 Å². The van der Waals surface area contributed by atoms with Gasteiger partial charge < -0.3 is 0 Å². The normalized spacial score (nSPS) is 13.2. The number of aryl methyl sites for hydroxylation is 10. The fourth-order valence-electron chi connectivity index (χ4n) is 21.3. The fraction of sp³-hybridized carbons (Fsp3) is 0.290. The van der Waals surface area contributed by atoms with Crippen LogP contribution in [0.2, 0.25) is 0 Å². The molecule has 13 aromatic carbocycles. The smallest absolute Gasteiger partial charge is 0.206 e. The van der Waals surface area contributed by atoms with Crippen molar-refractivity contribution < 1.29 is 31.6 Å². The van der Waals surface area contributed by atoms with Crippen LogP contribution in [-0.4, -0.2) is 0 Å². The molecule has 0 aliphatic heterocycles. The molecule has 138 heavy (non-hydrogen) atoms. The monoisotopic (exact) mass is 1820 g/mol. The molecule has 2 aliphatic carbocycles. The highest BCUT2D eigenvalue weighted by Gasteiger charge is 2.39. The lowest BCUT2D eigenvalue weighted by molar-refractivity contribution is -0.665. The Morgan fingerprint density at radius 2 is 0.543 bits per heavy atom. The molecule has 0 N–H and O–H groups in total. The highest BCUT2D eigenvalue weighted by Crippen LogP contribution is 2.55. The molecule has 7 heteroatoms. The van der Waals surface area contributed by atoms with E-state index in [0.717, 1.165) is 50.9 Å². The lowest BCUT2D eigenvalue weighted by Gasteiger charge is -2.19. The zero-order chi connectivity index (χ0) is 98.6. The van der Waals surface area contributed by atoms with Crippen molar-refractivity contribution >= 4 is 53.9 Å². The summed E-state index contributed by atoms with van der Waals surface area (Å²) in [5, 5.41) is 12.9. The predicted molar refractivity (Wildman–Crippen MR) is 580 cm³/mol. The molecule has 0 saturated heterocycles.